The molecule has 11 heteroatoms. The Morgan fingerprint density at radius 3 is 2.60 bits per heavy atom. The van der Waals surface area contributed by atoms with Crippen molar-refractivity contribution in [2.24, 2.45) is 0 Å². The molecule has 3 rings (SSSR count). The zero-order valence-corrected chi connectivity index (χ0v) is 16.4. The zero-order chi connectivity index (χ0) is 22.1. The largest absolute Gasteiger partial charge is 0.465 e. The minimum atomic E-state index is -4.56. The molecule has 1 amide bonds. The van der Waals surface area contributed by atoms with Crippen LogP contribution in [-0.2, 0) is 10.9 Å². The zero-order valence-electron chi connectivity index (χ0n) is 15.6. The van der Waals surface area contributed by atoms with E-state index in [2.05, 4.69) is 15.2 Å². The monoisotopic (exact) mass is 437 g/mol. The predicted octanol–water partition coefficient (Wildman–Crippen LogP) is 3.66. The highest BCUT2D eigenvalue weighted by atomic mass is 32.1. The average molecular weight is 437 g/mol. The highest BCUT2D eigenvalue weighted by Crippen LogP contribution is 2.30. The molecule has 1 aromatic carbocycles. The van der Waals surface area contributed by atoms with Gasteiger partial charge in [0.25, 0.3) is 5.91 Å². The maximum Gasteiger partial charge on any atom is 0.416 e. The number of methoxy groups -OCH3 is 1. The molecule has 0 aliphatic carbocycles. The number of hydrogen-bond acceptors (Lipinski definition) is 6. The van der Waals surface area contributed by atoms with Crippen molar-refractivity contribution in [2.45, 2.75) is 13.1 Å². The third-order valence-corrected chi connectivity index (χ3v) is 4.92. The second-order valence-electron chi connectivity index (χ2n) is 6.07. The first-order chi connectivity index (χ1) is 14.1. The molecule has 1 N–H and O–H groups in total. The fourth-order valence-corrected chi connectivity index (χ4v) is 3.39. The van der Waals surface area contributed by atoms with Gasteiger partial charge in [-0.05, 0) is 36.6 Å². The van der Waals surface area contributed by atoms with Crippen LogP contribution in [-0.4, -0.2) is 28.8 Å². The first-order valence-corrected chi connectivity index (χ1v) is 9.25. The molecule has 7 nitrogen and oxygen atoms in total. The van der Waals surface area contributed by atoms with Crippen LogP contribution in [0.2, 0.25) is 0 Å². The van der Waals surface area contributed by atoms with Crippen molar-refractivity contribution in [1.29, 1.82) is 0 Å². The van der Waals surface area contributed by atoms with Gasteiger partial charge in [0.15, 0.2) is 5.69 Å². The van der Waals surface area contributed by atoms with E-state index < -0.39 is 34.7 Å². The number of aromatic nitrogens is 2. The first-order valence-electron chi connectivity index (χ1n) is 8.37. The summed E-state index contributed by atoms with van der Waals surface area (Å²) in [6, 6.07) is 6.88. The summed E-state index contributed by atoms with van der Waals surface area (Å²) in [7, 11) is 1.18. The number of rotatable bonds is 4. The van der Waals surface area contributed by atoms with Crippen LogP contribution < -0.4 is 10.7 Å². The summed E-state index contributed by atoms with van der Waals surface area (Å²) in [4.78, 5) is 36.8. The highest BCUT2D eigenvalue weighted by molar-refractivity contribution is 7.12. The molecule has 30 heavy (non-hydrogen) atoms. The number of esters is 1. The smallest absolute Gasteiger partial charge is 0.416 e. The number of nitrogens with one attached hydrogen (secondary N) is 1. The fourth-order valence-electron chi connectivity index (χ4n) is 2.62. The Kier molecular flexibility index (Phi) is 5.74. The maximum absolute atomic E-state index is 13.0. The van der Waals surface area contributed by atoms with Crippen LogP contribution in [0.1, 0.15) is 31.4 Å². The van der Waals surface area contributed by atoms with Gasteiger partial charge in [0.2, 0.25) is 5.43 Å². The van der Waals surface area contributed by atoms with E-state index >= 15 is 0 Å². The van der Waals surface area contributed by atoms with Crippen LogP contribution in [0.25, 0.3) is 5.69 Å². The van der Waals surface area contributed by atoms with Gasteiger partial charge >= 0.3 is 12.1 Å². The van der Waals surface area contributed by atoms with Gasteiger partial charge in [-0.3, -0.25) is 9.59 Å². The molecule has 0 aliphatic heterocycles. The van der Waals surface area contributed by atoms with Gasteiger partial charge in [0, 0.05) is 11.8 Å². The van der Waals surface area contributed by atoms with E-state index in [-0.39, 0.29) is 21.9 Å². The van der Waals surface area contributed by atoms with Gasteiger partial charge in [0.05, 0.1) is 24.0 Å². The molecule has 0 unspecified atom stereocenters. The van der Waals surface area contributed by atoms with Crippen molar-refractivity contribution in [2.75, 3.05) is 12.4 Å². The lowest BCUT2D eigenvalue weighted by atomic mass is 10.2. The van der Waals surface area contributed by atoms with Crippen LogP contribution >= 0.6 is 11.3 Å². The van der Waals surface area contributed by atoms with Gasteiger partial charge in [-0.25, -0.2) is 9.48 Å². The lowest BCUT2D eigenvalue weighted by Gasteiger charge is -2.13. The number of halogens is 3. The Bertz CT molecular complexity index is 1180. The van der Waals surface area contributed by atoms with Crippen LogP contribution in [0.4, 0.5) is 18.9 Å². The van der Waals surface area contributed by atoms with Gasteiger partial charge in [-0.2, -0.15) is 18.3 Å². The lowest BCUT2D eigenvalue weighted by Crippen LogP contribution is -2.27. The predicted molar refractivity (Wildman–Crippen MR) is 103 cm³/mol. The molecule has 156 valence electrons. The number of hydrogen-bond donors (Lipinski definition) is 1. The second-order valence-corrected chi connectivity index (χ2v) is 6.98. The van der Waals surface area contributed by atoms with E-state index in [1.165, 1.54) is 32.2 Å². The molecular weight excluding hydrogens is 423 g/mol. The summed E-state index contributed by atoms with van der Waals surface area (Å²) in [6.45, 7) is 1.48. The molecule has 2 aromatic heterocycles. The molecule has 3 aromatic rings. The van der Waals surface area contributed by atoms with Crippen molar-refractivity contribution in [1.82, 2.24) is 9.78 Å². The minimum Gasteiger partial charge on any atom is -0.465 e. The number of amides is 1. The Balaban J connectivity index is 2.00. The number of ether oxygens (including phenoxy) is 1. The molecule has 0 aliphatic rings. The van der Waals surface area contributed by atoms with Gasteiger partial charge < -0.3 is 10.1 Å². The molecule has 0 bridgehead atoms. The number of aryl methyl sites for hydroxylation is 1. The van der Waals surface area contributed by atoms with E-state index in [9.17, 15) is 27.6 Å². The normalized spacial score (nSPS) is 11.2. The number of anilines is 1. The number of carbonyl (C=O) groups is 2. The molecular formula is C19H14F3N3O4S. The van der Waals surface area contributed by atoms with Crippen LogP contribution in [0.3, 0.4) is 0 Å². The molecule has 0 atom stereocenters. The van der Waals surface area contributed by atoms with Gasteiger partial charge in [-0.15, -0.1) is 11.3 Å². The number of alkyl halides is 3. The average Bonchev–Trinajstić information content (AvgIpc) is 3.14. The Labute approximate surface area is 171 Å². The van der Waals surface area contributed by atoms with Gasteiger partial charge in [-0.1, -0.05) is 6.07 Å². The van der Waals surface area contributed by atoms with Gasteiger partial charge in [0.1, 0.15) is 4.88 Å². The SMILES string of the molecule is COC(=O)c1sccc1NC(=O)c1nn(-c2cccc(C(F)(F)F)c2)c(C)cc1=O. The molecule has 0 saturated carbocycles. The van der Waals surface area contributed by atoms with Crippen LogP contribution in [0, 0.1) is 6.92 Å². The summed E-state index contributed by atoms with van der Waals surface area (Å²) < 4.78 is 44.8. The summed E-state index contributed by atoms with van der Waals surface area (Å²) >= 11 is 1.03. The topological polar surface area (TPSA) is 90.3 Å². The van der Waals surface area contributed by atoms with Crippen molar-refractivity contribution in [3.63, 3.8) is 0 Å². The van der Waals surface area contributed by atoms with Crippen LogP contribution in [0.15, 0.2) is 46.6 Å². The molecule has 0 fully saturated rings. The minimum absolute atomic E-state index is 0.0298. The van der Waals surface area contributed by atoms with E-state index in [0.29, 0.717) is 0 Å². The Hall–Kier alpha value is -3.47. The second kappa shape index (κ2) is 8.11. The molecule has 0 radical (unpaired) electrons. The molecule has 2 heterocycles. The van der Waals surface area contributed by atoms with Crippen molar-refractivity contribution >= 4 is 28.9 Å². The van der Waals surface area contributed by atoms with Crippen LogP contribution in [0.5, 0.6) is 0 Å². The first kappa shape index (κ1) is 21.2. The van der Waals surface area contributed by atoms with E-state index in [0.717, 1.165) is 34.2 Å². The summed E-state index contributed by atoms with van der Waals surface area (Å²) in [5.74, 6) is -1.58. The number of benzene rings is 1. The molecule has 0 saturated heterocycles. The Morgan fingerprint density at radius 1 is 1.20 bits per heavy atom. The Morgan fingerprint density at radius 2 is 1.93 bits per heavy atom. The van der Waals surface area contributed by atoms with Crippen molar-refractivity contribution < 1.29 is 27.5 Å². The summed E-state index contributed by atoms with van der Waals surface area (Å²) in [5.41, 5.74) is -1.76. The lowest BCUT2D eigenvalue weighted by molar-refractivity contribution is -0.137. The number of nitrogens with zero attached hydrogens (tertiary/aromatic N) is 2. The number of thiophene rings is 1. The molecule has 0 spiro atoms. The summed E-state index contributed by atoms with van der Waals surface area (Å²) in [5, 5.41) is 7.91. The standard InChI is InChI=1S/C19H14F3N3O4S/c1-10-8-14(26)15(17(27)23-13-6-7-30-16(13)18(28)29-2)24-25(10)12-5-3-4-11(9-12)19(20,21)22/h3-9H,1-2H3,(H,23,27). The van der Waals surface area contributed by atoms with E-state index in [1.54, 1.807) is 5.38 Å². The third-order valence-electron chi connectivity index (χ3n) is 4.02. The quantitative estimate of drug-likeness (QED) is 0.629. The fraction of sp³-hybridized carbons (Fsp3) is 0.158. The summed E-state index contributed by atoms with van der Waals surface area (Å²) in [6.07, 6.45) is -4.56. The number of carbonyl (C=O) groups excluding carboxylic acids is 2. The highest BCUT2D eigenvalue weighted by Gasteiger charge is 2.30. The van der Waals surface area contributed by atoms with Crippen molar-refractivity contribution in [3.05, 3.63) is 73.8 Å². The third kappa shape index (κ3) is 4.25. The maximum atomic E-state index is 13.0. The van der Waals surface area contributed by atoms with Crippen molar-refractivity contribution in [3.8, 4) is 5.69 Å². The van der Waals surface area contributed by atoms with E-state index in [4.69, 9.17) is 0 Å². The van der Waals surface area contributed by atoms with E-state index in [1.807, 2.05) is 0 Å².